The normalized spacial score (nSPS) is 14.0. The first kappa shape index (κ1) is 36.7. The van der Waals surface area contributed by atoms with Crippen molar-refractivity contribution in [3.8, 4) is 33.4 Å². The standard InChI is InChI=1S/C62H43NO/c1-61(2)52-30-14-11-26-46(52)49-36-35-44(38-55(49)61)63(56-33-18-34-57-60(56)59-50-29-10-9-25-45(50)51(39-58(59)64-57)40-19-5-3-6-20-40)43-24-17-23-42(37-43)62(41-21-7-4-8-22-41)53-31-15-12-27-47(53)48-28-13-16-32-54(48)62/h3-39H,1-2H3. The van der Waals surface area contributed by atoms with E-state index in [9.17, 15) is 0 Å². The number of benzene rings is 10. The van der Waals surface area contributed by atoms with E-state index >= 15 is 0 Å². The maximum atomic E-state index is 6.97. The van der Waals surface area contributed by atoms with E-state index in [1.807, 2.05) is 0 Å². The van der Waals surface area contributed by atoms with Gasteiger partial charge in [0, 0.05) is 22.2 Å². The average Bonchev–Trinajstić information content (AvgIpc) is 3.96. The Labute approximate surface area is 373 Å². The second kappa shape index (κ2) is 13.8. The molecule has 0 spiro atoms. The number of hydrogen-bond acceptors (Lipinski definition) is 2. The van der Waals surface area contributed by atoms with Crippen molar-refractivity contribution in [2.24, 2.45) is 0 Å². The summed E-state index contributed by atoms with van der Waals surface area (Å²) >= 11 is 0. The van der Waals surface area contributed by atoms with Gasteiger partial charge in [0.2, 0.25) is 0 Å². The summed E-state index contributed by atoms with van der Waals surface area (Å²) in [6.45, 7) is 4.73. The summed E-state index contributed by atoms with van der Waals surface area (Å²) in [6.07, 6.45) is 0. The lowest BCUT2D eigenvalue weighted by Gasteiger charge is -2.35. The summed E-state index contributed by atoms with van der Waals surface area (Å²) in [5.41, 5.74) is 19.5. The van der Waals surface area contributed by atoms with Crippen LogP contribution in [0.2, 0.25) is 0 Å². The van der Waals surface area contributed by atoms with Gasteiger partial charge in [-0.25, -0.2) is 0 Å². The molecular formula is C62H43NO. The number of hydrogen-bond donors (Lipinski definition) is 0. The van der Waals surface area contributed by atoms with Crippen molar-refractivity contribution in [2.45, 2.75) is 24.7 Å². The van der Waals surface area contributed by atoms with Crippen LogP contribution in [0.1, 0.15) is 47.2 Å². The zero-order chi connectivity index (χ0) is 42.6. The molecule has 13 rings (SSSR count). The first-order chi connectivity index (χ1) is 31.5. The van der Waals surface area contributed by atoms with Crippen molar-refractivity contribution >= 4 is 49.8 Å². The SMILES string of the molecule is CC1(C)c2ccccc2-c2ccc(N(c3cccc(C4(c5ccccc5)c5ccccc5-c5ccccc54)c3)c3cccc4oc5cc(-c6ccccc6)c6ccccc6c5c34)cc21. The Hall–Kier alpha value is -7.94. The predicted molar refractivity (Wildman–Crippen MR) is 266 cm³/mol. The fourth-order valence-electron chi connectivity index (χ4n) is 11.6. The molecule has 0 N–H and O–H groups in total. The van der Waals surface area contributed by atoms with E-state index in [-0.39, 0.29) is 5.41 Å². The molecule has 10 aromatic carbocycles. The summed E-state index contributed by atoms with van der Waals surface area (Å²) in [5, 5.41) is 4.59. The summed E-state index contributed by atoms with van der Waals surface area (Å²) in [6, 6.07) is 82.7. The summed E-state index contributed by atoms with van der Waals surface area (Å²) < 4.78 is 6.97. The fourth-order valence-corrected chi connectivity index (χ4v) is 11.6. The molecule has 11 aromatic rings. The molecule has 0 saturated heterocycles. The zero-order valence-corrected chi connectivity index (χ0v) is 35.7. The molecule has 2 aliphatic rings. The highest BCUT2D eigenvalue weighted by molar-refractivity contribution is 6.25. The summed E-state index contributed by atoms with van der Waals surface area (Å²) in [7, 11) is 0. The van der Waals surface area contributed by atoms with Crippen LogP contribution in [0.15, 0.2) is 229 Å². The van der Waals surface area contributed by atoms with Crippen LogP contribution in [0.4, 0.5) is 17.1 Å². The minimum absolute atomic E-state index is 0.178. The number of anilines is 3. The highest BCUT2D eigenvalue weighted by Crippen LogP contribution is 2.57. The highest BCUT2D eigenvalue weighted by atomic mass is 16.3. The highest BCUT2D eigenvalue weighted by Gasteiger charge is 2.46. The van der Waals surface area contributed by atoms with Gasteiger partial charge in [0.15, 0.2) is 0 Å². The molecule has 0 amide bonds. The van der Waals surface area contributed by atoms with Gasteiger partial charge in [0.05, 0.1) is 16.5 Å². The Bertz CT molecular complexity index is 3610. The molecule has 0 aliphatic heterocycles. The molecule has 1 heterocycles. The van der Waals surface area contributed by atoms with E-state index in [1.165, 1.54) is 72.0 Å². The molecule has 0 bridgehead atoms. The van der Waals surface area contributed by atoms with Gasteiger partial charge >= 0.3 is 0 Å². The van der Waals surface area contributed by atoms with Crippen LogP contribution in [-0.2, 0) is 10.8 Å². The fraction of sp³-hybridized carbons (Fsp3) is 0.0645. The van der Waals surface area contributed by atoms with Crippen molar-refractivity contribution in [1.82, 2.24) is 0 Å². The monoisotopic (exact) mass is 817 g/mol. The van der Waals surface area contributed by atoms with Crippen LogP contribution in [0.3, 0.4) is 0 Å². The molecule has 0 saturated carbocycles. The zero-order valence-electron chi connectivity index (χ0n) is 35.7. The van der Waals surface area contributed by atoms with Gasteiger partial charge < -0.3 is 9.32 Å². The molecule has 0 fully saturated rings. The van der Waals surface area contributed by atoms with E-state index in [1.54, 1.807) is 0 Å². The number of rotatable bonds is 6. The lowest BCUT2D eigenvalue weighted by atomic mass is 9.67. The topological polar surface area (TPSA) is 16.4 Å². The third kappa shape index (κ3) is 5.08. The molecule has 1 aromatic heterocycles. The molecule has 0 unspecified atom stereocenters. The molecule has 0 atom stereocenters. The number of fused-ring (bicyclic) bond motifs is 11. The van der Waals surface area contributed by atoms with E-state index < -0.39 is 5.41 Å². The van der Waals surface area contributed by atoms with Gasteiger partial charge in [-0.3, -0.25) is 0 Å². The third-order valence-corrected chi connectivity index (χ3v) is 14.3. The molecule has 2 nitrogen and oxygen atoms in total. The van der Waals surface area contributed by atoms with Crippen molar-refractivity contribution in [3.05, 3.63) is 258 Å². The Morgan fingerprint density at radius 2 is 0.922 bits per heavy atom. The second-order valence-electron chi connectivity index (χ2n) is 18.0. The van der Waals surface area contributed by atoms with Crippen LogP contribution >= 0.6 is 0 Å². The van der Waals surface area contributed by atoms with Crippen LogP contribution in [-0.4, -0.2) is 0 Å². The second-order valence-corrected chi connectivity index (χ2v) is 18.0. The molecule has 2 heteroatoms. The molecular weight excluding hydrogens is 775 g/mol. The van der Waals surface area contributed by atoms with Crippen LogP contribution in [0.25, 0.3) is 66.1 Å². The van der Waals surface area contributed by atoms with Crippen molar-refractivity contribution < 1.29 is 4.42 Å². The maximum Gasteiger partial charge on any atom is 0.137 e. The summed E-state index contributed by atoms with van der Waals surface area (Å²) in [5.74, 6) is 0. The minimum atomic E-state index is -0.546. The third-order valence-electron chi connectivity index (χ3n) is 14.3. The van der Waals surface area contributed by atoms with Crippen molar-refractivity contribution in [1.29, 1.82) is 0 Å². The van der Waals surface area contributed by atoms with Crippen LogP contribution in [0.5, 0.6) is 0 Å². The molecule has 64 heavy (non-hydrogen) atoms. The maximum absolute atomic E-state index is 6.97. The molecule has 0 radical (unpaired) electrons. The van der Waals surface area contributed by atoms with E-state index in [0.29, 0.717) is 0 Å². The van der Waals surface area contributed by atoms with Gasteiger partial charge in [0.25, 0.3) is 0 Å². The van der Waals surface area contributed by atoms with E-state index in [2.05, 4.69) is 243 Å². The largest absolute Gasteiger partial charge is 0.456 e. The lowest BCUT2D eigenvalue weighted by molar-refractivity contribution is 0.660. The van der Waals surface area contributed by atoms with Gasteiger partial charge in [0.1, 0.15) is 11.2 Å². The molecule has 302 valence electrons. The quantitative estimate of drug-likeness (QED) is 0.166. The van der Waals surface area contributed by atoms with E-state index in [0.717, 1.165) is 44.6 Å². The van der Waals surface area contributed by atoms with Crippen LogP contribution in [0, 0.1) is 0 Å². The smallest absolute Gasteiger partial charge is 0.137 e. The Kier molecular flexibility index (Phi) is 7.90. The lowest BCUT2D eigenvalue weighted by Crippen LogP contribution is -2.28. The van der Waals surface area contributed by atoms with Crippen molar-refractivity contribution in [3.63, 3.8) is 0 Å². The molecule has 2 aliphatic carbocycles. The van der Waals surface area contributed by atoms with Gasteiger partial charge in [-0.15, -0.1) is 0 Å². The average molecular weight is 818 g/mol. The predicted octanol–water partition coefficient (Wildman–Crippen LogP) is 16.5. The van der Waals surface area contributed by atoms with Crippen molar-refractivity contribution in [2.75, 3.05) is 4.90 Å². The first-order valence-electron chi connectivity index (χ1n) is 22.3. The van der Waals surface area contributed by atoms with Gasteiger partial charge in [-0.1, -0.05) is 196 Å². The summed E-state index contributed by atoms with van der Waals surface area (Å²) in [4.78, 5) is 2.49. The van der Waals surface area contributed by atoms with Crippen LogP contribution < -0.4 is 4.90 Å². The Morgan fingerprint density at radius 3 is 1.66 bits per heavy atom. The number of furan rings is 1. The van der Waals surface area contributed by atoms with Gasteiger partial charge in [-0.2, -0.15) is 0 Å². The number of nitrogens with zero attached hydrogens (tertiary/aromatic N) is 1. The minimum Gasteiger partial charge on any atom is -0.456 e. The Morgan fingerprint density at radius 1 is 0.359 bits per heavy atom. The first-order valence-corrected chi connectivity index (χ1v) is 22.3. The Balaban J connectivity index is 1.11. The van der Waals surface area contributed by atoms with E-state index in [4.69, 9.17) is 4.42 Å². The van der Waals surface area contributed by atoms with Gasteiger partial charge in [-0.05, 0) is 120 Å².